The molecule has 1 atom stereocenters. The van der Waals surface area contributed by atoms with E-state index in [2.05, 4.69) is 0 Å². The van der Waals surface area contributed by atoms with Crippen molar-refractivity contribution in [2.24, 2.45) is 0 Å². The fraction of sp³-hybridized carbons (Fsp3) is 0.267. The van der Waals surface area contributed by atoms with Gasteiger partial charge in [-0.05, 0) is 47.9 Å². The van der Waals surface area contributed by atoms with Gasteiger partial charge in [-0.25, -0.2) is 0 Å². The summed E-state index contributed by atoms with van der Waals surface area (Å²) in [5.41, 5.74) is 2.13. The molecule has 0 bridgehead atoms. The van der Waals surface area contributed by atoms with Crippen molar-refractivity contribution >= 4 is 17.4 Å². The number of hydrogen-bond donors (Lipinski definition) is 1. The van der Waals surface area contributed by atoms with Crippen LogP contribution in [0.15, 0.2) is 78.4 Å². The molecular formula is C30H29NO7. The number of amides is 1. The smallest absolute Gasteiger partial charge is 0.295 e. The van der Waals surface area contributed by atoms with Gasteiger partial charge in [0.25, 0.3) is 11.7 Å². The minimum atomic E-state index is -0.761. The zero-order valence-electron chi connectivity index (χ0n) is 21.1. The minimum absolute atomic E-state index is 0.0297. The topological polar surface area (TPSA) is 94.5 Å². The lowest BCUT2D eigenvalue weighted by atomic mass is 9.95. The number of carbonyl (C=O) groups excluding carboxylic acids is 2. The SMILES string of the molecule is COCCCN1C(=O)C(=O)/C(=C(/O)c2ccc3c(c2)OCCO3)C1c1ccc(OCc2ccccc2)cc1. The third-order valence-corrected chi connectivity index (χ3v) is 6.55. The van der Waals surface area contributed by atoms with E-state index in [1.54, 1.807) is 37.4 Å². The monoisotopic (exact) mass is 515 g/mol. The van der Waals surface area contributed by atoms with Crippen molar-refractivity contribution in [3.63, 3.8) is 0 Å². The van der Waals surface area contributed by atoms with Gasteiger partial charge < -0.3 is 29.0 Å². The van der Waals surface area contributed by atoms with Gasteiger partial charge in [0.05, 0.1) is 11.6 Å². The van der Waals surface area contributed by atoms with Crippen molar-refractivity contribution in [2.45, 2.75) is 19.1 Å². The minimum Gasteiger partial charge on any atom is -0.507 e. The van der Waals surface area contributed by atoms with Gasteiger partial charge in [0.1, 0.15) is 31.3 Å². The van der Waals surface area contributed by atoms with Gasteiger partial charge >= 0.3 is 0 Å². The van der Waals surface area contributed by atoms with Crippen LogP contribution in [0.5, 0.6) is 17.2 Å². The Balaban J connectivity index is 1.47. The molecule has 3 aromatic rings. The molecule has 0 saturated carbocycles. The van der Waals surface area contributed by atoms with Crippen LogP contribution in [0.2, 0.25) is 0 Å². The van der Waals surface area contributed by atoms with Crippen molar-refractivity contribution < 1.29 is 33.6 Å². The molecule has 1 fully saturated rings. The molecule has 8 heteroatoms. The Hall–Kier alpha value is -4.30. The predicted octanol–water partition coefficient (Wildman–Crippen LogP) is 4.50. The number of benzene rings is 3. The van der Waals surface area contributed by atoms with Crippen LogP contribution in [0.3, 0.4) is 0 Å². The van der Waals surface area contributed by atoms with Crippen molar-refractivity contribution in [3.8, 4) is 17.2 Å². The number of ketones is 1. The predicted molar refractivity (Wildman–Crippen MR) is 140 cm³/mol. The normalized spacial score (nSPS) is 18.0. The van der Waals surface area contributed by atoms with E-state index in [0.717, 1.165) is 5.56 Å². The van der Waals surface area contributed by atoms with Gasteiger partial charge in [0, 0.05) is 25.8 Å². The maximum absolute atomic E-state index is 13.2. The van der Waals surface area contributed by atoms with Crippen molar-refractivity contribution in [1.82, 2.24) is 4.90 Å². The van der Waals surface area contributed by atoms with Gasteiger partial charge in [-0.15, -0.1) is 0 Å². The van der Waals surface area contributed by atoms with Crippen LogP contribution in [0.1, 0.15) is 29.2 Å². The first kappa shape index (κ1) is 25.4. The van der Waals surface area contributed by atoms with Gasteiger partial charge in [-0.1, -0.05) is 42.5 Å². The lowest BCUT2D eigenvalue weighted by Gasteiger charge is -2.25. The maximum atomic E-state index is 13.2. The van der Waals surface area contributed by atoms with Crippen LogP contribution in [-0.4, -0.2) is 55.2 Å². The Morgan fingerprint density at radius 3 is 2.45 bits per heavy atom. The zero-order valence-corrected chi connectivity index (χ0v) is 21.1. The molecule has 0 spiro atoms. The van der Waals surface area contributed by atoms with E-state index in [4.69, 9.17) is 18.9 Å². The Bertz CT molecular complexity index is 1330. The molecule has 2 heterocycles. The van der Waals surface area contributed by atoms with E-state index in [9.17, 15) is 14.7 Å². The van der Waals surface area contributed by atoms with Crippen LogP contribution in [0.25, 0.3) is 5.76 Å². The number of Topliss-reactive ketones (excluding diaryl/α,β-unsaturated/α-hetero) is 1. The van der Waals surface area contributed by atoms with Crippen LogP contribution in [0, 0.1) is 0 Å². The number of fused-ring (bicyclic) bond motifs is 1. The van der Waals surface area contributed by atoms with E-state index >= 15 is 0 Å². The molecule has 1 saturated heterocycles. The summed E-state index contributed by atoms with van der Waals surface area (Å²) >= 11 is 0. The summed E-state index contributed by atoms with van der Waals surface area (Å²) in [5, 5.41) is 11.3. The average Bonchev–Trinajstić information content (AvgIpc) is 3.21. The number of rotatable bonds is 9. The number of methoxy groups -OCH3 is 1. The quantitative estimate of drug-likeness (QED) is 0.194. The number of carbonyl (C=O) groups is 2. The Morgan fingerprint density at radius 1 is 0.974 bits per heavy atom. The molecule has 0 aliphatic carbocycles. The second-order valence-corrected chi connectivity index (χ2v) is 9.04. The van der Waals surface area contributed by atoms with Gasteiger partial charge in [-0.3, -0.25) is 9.59 Å². The van der Waals surface area contributed by atoms with Crippen LogP contribution >= 0.6 is 0 Å². The number of aliphatic hydroxyl groups is 1. The number of aliphatic hydroxyl groups excluding tert-OH is 1. The first-order chi connectivity index (χ1) is 18.6. The molecule has 8 nitrogen and oxygen atoms in total. The Labute approximate surface area is 221 Å². The summed E-state index contributed by atoms with van der Waals surface area (Å²) in [6, 6.07) is 21.3. The van der Waals surface area contributed by atoms with E-state index < -0.39 is 17.7 Å². The van der Waals surface area contributed by atoms with Crippen molar-refractivity contribution in [3.05, 3.63) is 95.1 Å². The molecule has 0 radical (unpaired) electrons. The number of likely N-dealkylation sites (tertiary alicyclic amines) is 1. The molecule has 2 aliphatic rings. The number of nitrogens with zero attached hydrogens (tertiary/aromatic N) is 1. The second kappa shape index (κ2) is 11.4. The molecule has 196 valence electrons. The van der Waals surface area contributed by atoms with E-state index in [0.29, 0.717) is 67.8 Å². The van der Waals surface area contributed by atoms with Crippen molar-refractivity contribution in [2.75, 3.05) is 33.5 Å². The van der Waals surface area contributed by atoms with E-state index in [1.807, 2.05) is 42.5 Å². The summed E-state index contributed by atoms with van der Waals surface area (Å²) in [6.07, 6.45) is 0.544. The summed E-state index contributed by atoms with van der Waals surface area (Å²) in [7, 11) is 1.58. The summed E-state index contributed by atoms with van der Waals surface area (Å²) in [6.45, 7) is 1.98. The Kier molecular flexibility index (Phi) is 7.60. The lowest BCUT2D eigenvalue weighted by molar-refractivity contribution is -0.140. The van der Waals surface area contributed by atoms with Gasteiger partial charge in [-0.2, -0.15) is 0 Å². The average molecular weight is 516 g/mol. The molecule has 3 aromatic carbocycles. The zero-order chi connectivity index (χ0) is 26.5. The fourth-order valence-corrected chi connectivity index (χ4v) is 4.67. The van der Waals surface area contributed by atoms with Gasteiger partial charge in [0.15, 0.2) is 11.5 Å². The first-order valence-corrected chi connectivity index (χ1v) is 12.5. The molecular weight excluding hydrogens is 486 g/mol. The van der Waals surface area contributed by atoms with E-state index in [1.165, 1.54) is 4.90 Å². The number of hydrogen-bond acceptors (Lipinski definition) is 7. The third-order valence-electron chi connectivity index (χ3n) is 6.55. The molecule has 0 aromatic heterocycles. The molecule has 2 aliphatic heterocycles. The largest absolute Gasteiger partial charge is 0.507 e. The summed E-state index contributed by atoms with van der Waals surface area (Å²) < 4.78 is 22.3. The maximum Gasteiger partial charge on any atom is 0.295 e. The summed E-state index contributed by atoms with van der Waals surface area (Å²) in [4.78, 5) is 27.8. The highest BCUT2D eigenvalue weighted by Crippen LogP contribution is 2.41. The first-order valence-electron chi connectivity index (χ1n) is 12.5. The molecule has 1 unspecified atom stereocenters. The third kappa shape index (κ3) is 5.21. The standard InChI is InChI=1S/C30H29NO7/c1-35-15-5-14-31-27(21-8-11-23(12-9-21)38-19-20-6-3-2-4-7-20)26(29(33)30(31)34)28(32)22-10-13-24-25(18-22)37-17-16-36-24/h2-4,6-13,18,27,32H,5,14-17,19H2,1H3/b28-26+. The lowest BCUT2D eigenvalue weighted by Crippen LogP contribution is -2.31. The van der Waals surface area contributed by atoms with Gasteiger partial charge in [0.2, 0.25) is 0 Å². The molecule has 5 rings (SSSR count). The highest BCUT2D eigenvalue weighted by Gasteiger charge is 2.45. The highest BCUT2D eigenvalue weighted by molar-refractivity contribution is 6.46. The van der Waals surface area contributed by atoms with Crippen LogP contribution in [-0.2, 0) is 20.9 Å². The van der Waals surface area contributed by atoms with Crippen LogP contribution in [0.4, 0.5) is 0 Å². The van der Waals surface area contributed by atoms with Crippen molar-refractivity contribution in [1.29, 1.82) is 0 Å². The molecule has 1 amide bonds. The highest BCUT2D eigenvalue weighted by atomic mass is 16.6. The number of ether oxygens (including phenoxy) is 4. The van der Waals surface area contributed by atoms with Crippen LogP contribution < -0.4 is 14.2 Å². The molecule has 38 heavy (non-hydrogen) atoms. The van der Waals surface area contributed by atoms with E-state index in [-0.39, 0.29) is 11.3 Å². The Morgan fingerprint density at radius 2 is 1.71 bits per heavy atom. The molecule has 1 N–H and O–H groups in total. The second-order valence-electron chi connectivity index (χ2n) is 9.04. The fourth-order valence-electron chi connectivity index (χ4n) is 4.67. The summed E-state index contributed by atoms with van der Waals surface area (Å²) in [5.74, 6) is 0.0464.